The summed E-state index contributed by atoms with van der Waals surface area (Å²) in [6.45, 7) is 7.75. The van der Waals surface area contributed by atoms with Crippen molar-refractivity contribution >= 4 is 24.8 Å². The van der Waals surface area contributed by atoms with Crippen molar-refractivity contribution in [3.05, 3.63) is 90.4 Å². The third-order valence-electron chi connectivity index (χ3n) is 5.56. The van der Waals surface area contributed by atoms with Gasteiger partial charge in [-0.25, -0.2) is 0 Å². The molecule has 1 aromatic heterocycles. The molecule has 1 N–H and O–H groups in total. The van der Waals surface area contributed by atoms with Gasteiger partial charge in [0.15, 0.2) is 0 Å². The van der Waals surface area contributed by atoms with Crippen LogP contribution in [0.5, 0.6) is 0 Å². The number of rotatable bonds is 10. The van der Waals surface area contributed by atoms with E-state index in [9.17, 15) is 0 Å². The fourth-order valence-electron chi connectivity index (χ4n) is 4.13. The second-order valence-corrected chi connectivity index (χ2v) is 13.1. The number of aliphatic hydroxyl groups excluding tert-OH is 1. The highest BCUT2D eigenvalue weighted by Crippen LogP contribution is 2.36. The Morgan fingerprint density at radius 1 is 0.903 bits per heavy atom. The van der Waals surface area contributed by atoms with Crippen LogP contribution >= 0.6 is 0 Å². The first-order chi connectivity index (χ1) is 15.0. The molecule has 0 amide bonds. The summed E-state index contributed by atoms with van der Waals surface area (Å²) in [4.78, 5) is 0. The van der Waals surface area contributed by atoms with Crippen LogP contribution in [-0.2, 0) is 10.8 Å². The van der Waals surface area contributed by atoms with Crippen LogP contribution in [0.1, 0.15) is 45.1 Å². The second-order valence-electron chi connectivity index (χ2n) is 8.83. The number of hydrogen-bond acceptors (Lipinski definition) is 3. The lowest BCUT2D eigenvalue weighted by atomic mass is 10.2. The molecule has 31 heavy (non-hydrogen) atoms. The molecular formula is C27H34O3Si. The maximum Gasteiger partial charge on any atom is 0.261 e. The topological polar surface area (TPSA) is 42.6 Å². The number of aliphatic hydroxyl groups is 1. The average molecular weight is 435 g/mol. The molecule has 0 saturated carbocycles. The van der Waals surface area contributed by atoms with E-state index >= 15 is 0 Å². The van der Waals surface area contributed by atoms with E-state index in [4.69, 9.17) is 13.9 Å². The zero-order chi connectivity index (χ0) is 22.2. The summed E-state index contributed by atoms with van der Waals surface area (Å²) < 4.78 is 12.8. The van der Waals surface area contributed by atoms with Gasteiger partial charge in [0.05, 0.1) is 0 Å². The van der Waals surface area contributed by atoms with Gasteiger partial charge in [0.25, 0.3) is 8.32 Å². The minimum atomic E-state index is -2.47. The van der Waals surface area contributed by atoms with Gasteiger partial charge in [0.2, 0.25) is 0 Å². The van der Waals surface area contributed by atoms with E-state index in [0.29, 0.717) is 13.0 Å². The van der Waals surface area contributed by atoms with Gasteiger partial charge in [0.1, 0.15) is 11.5 Å². The Hall–Kier alpha value is -2.40. The highest BCUT2D eigenvalue weighted by Gasteiger charge is 2.49. The maximum atomic E-state index is 8.89. The Balaban J connectivity index is 1.76. The lowest BCUT2D eigenvalue weighted by Gasteiger charge is -2.43. The van der Waals surface area contributed by atoms with E-state index in [0.717, 1.165) is 24.4 Å². The molecule has 164 valence electrons. The highest BCUT2D eigenvalue weighted by atomic mass is 28.4. The van der Waals surface area contributed by atoms with Gasteiger partial charge in [-0.2, -0.15) is 0 Å². The highest BCUT2D eigenvalue weighted by molar-refractivity contribution is 6.99. The number of hydrogen-bond donors (Lipinski definition) is 1. The Bertz CT molecular complexity index is 900. The molecule has 1 heterocycles. The Morgan fingerprint density at radius 3 is 2.06 bits per heavy atom. The van der Waals surface area contributed by atoms with Crippen LogP contribution in [0.25, 0.3) is 6.08 Å². The molecule has 0 atom stereocenters. The van der Waals surface area contributed by atoms with Crippen molar-refractivity contribution in [1.29, 1.82) is 0 Å². The van der Waals surface area contributed by atoms with Crippen molar-refractivity contribution in [2.75, 3.05) is 13.2 Å². The molecule has 0 fully saturated rings. The standard InChI is InChI=1S/C27H34O3Si/c1-27(2,3)31(25-15-6-4-7-16-25,26-17-8-5-9-18-26)29-22-12-14-24-20-19-23(30-24)13-10-11-21-28/h4-10,13,15-20,28H,11-12,14,21-22H2,1-3H3/b13-10+. The molecular weight excluding hydrogens is 400 g/mol. The average Bonchev–Trinajstić information content (AvgIpc) is 3.22. The largest absolute Gasteiger partial charge is 0.462 e. The van der Waals surface area contributed by atoms with E-state index < -0.39 is 8.32 Å². The van der Waals surface area contributed by atoms with Crippen molar-refractivity contribution in [3.8, 4) is 0 Å². The summed E-state index contributed by atoms with van der Waals surface area (Å²) in [5, 5.41) is 11.5. The quantitative estimate of drug-likeness (QED) is 0.353. The minimum Gasteiger partial charge on any atom is -0.462 e. The van der Waals surface area contributed by atoms with Crippen LogP contribution in [-0.4, -0.2) is 26.6 Å². The van der Waals surface area contributed by atoms with Crippen LogP contribution < -0.4 is 10.4 Å². The fraction of sp³-hybridized carbons (Fsp3) is 0.333. The fourth-order valence-corrected chi connectivity index (χ4v) is 8.73. The van der Waals surface area contributed by atoms with Crippen LogP contribution in [0.15, 0.2) is 83.3 Å². The minimum absolute atomic E-state index is 0.00887. The van der Waals surface area contributed by atoms with Gasteiger partial charge < -0.3 is 13.9 Å². The number of furan rings is 1. The lowest BCUT2D eigenvalue weighted by Crippen LogP contribution is -2.66. The number of benzene rings is 2. The molecule has 3 nitrogen and oxygen atoms in total. The summed E-state index contributed by atoms with van der Waals surface area (Å²) in [5.41, 5.74) is 0. The summed E-state index contributed by atoms with van der Waals surface area (Å²) in [7, 11) is -2.47. The molecule has 0 aliphatic carbocycles. The van der Waals surface area contributed by atoms with Crippen molar-refractivity contribution in [2.45, 2.75) is 45.1 Å². The molecule has 0 unspecified atom stereocenters. The zero-order valence-corrected chi connectivity index (χ0v) is 19.9. The monoisotopic (exact) mass is 434 g/mol. The smallest absolute Gasteiger partial charge is 0.261 e. The van der Waals surface area contributed by atoms with Crippen LogP contribution in [0, 0.1) is 0 Å². The SMILES string of the molecule is CC(C)(C)[Si](OCCCc1ccc(/C=C/CCO)o1)(c1ccccc1)c1ccccc1. The molecule has 0 saturated heterocycles. The van der Waals surface area contributed by atoms with Crippen LogP contribution in [0.4, 0.5) is 0 Å². The Labute approximate surface area is 187 Å². The first-order valence-electron chi connectivity index (χ1n) is 11.1. The van der Waals surface area contributed by atoms with E-state index in [1.807, 2.05) is 24.3 Å². The van der Waals surface area contributed by atoms with Gasteiger partial charge >= 0.3 is 0 Å². The predicted molar refractivity (Wildman–Crippen MR) is 131 cm³/mol. The molecule has 0 radical (unpaired) electrons. The molecule has 0 aliphatic rings. The van der Waals surface area contributed by atoms with Crippen molar-refractivity contribution in [3.63, 3.8) is 0 Å². The van der Waals surface area contributed by atoms with Crippen molar-refractivity contribution in [1.82, 2.24) is 0 Å². The van der Waals surface area contributed by atoms with Crippen LogP contribution in [0.3, 0.4) is 0 Å². The zero-order valence-electron chi connectivity index (χ0n) is 18.9. The van der Waals surface area contributed by atoms with Gasteiger partial charge in [-0.05, 0) is 46.5 Å². The first kappa shape index (κ1) is 23.3. The maximum absolute atomic E-state index is 8.89. The Kier molecular flexibility index (Phi) is 8.07. The molecule has 3 rings (SSSR count). The number of aryl methyl sites for hydroxylation is 1. The normalized spacial score (nSPS) is 12.5. The first-order valence-corrected chi connectivity index (χ1v) is 13.0. The lowest BCUT2D eigenvalue weighted by molar-refractivity contribution is 0.288. The summed E-state index contributed by atoms with van der Waals surface area (Å²) in [6, 6.07) is 25.5. The van der Waals surface area contributed by atoms with Crippen LogP contribution in [0.2, 0.25) is 5.04 Å². The molecule has 0 aliphatic heterocycles. The van der Waals surface area contributed by atoms with E-state index in [1.165, 1.54) is 10.4 Å². The molecule has 2 aromatic carbocycles. The molecule has 4 heteroatoms. The van der Waals surface area contributed by atoms with E-state index in [2.05, 4.69) is 81.4 Å². The Morgan fingerprint density at radius 2 is 1.52 bits per heavy atom. The summed E-state index contributed by atoms with van der Waals surface area (Å²) in [6.07, 6.45) is 6.22. The second kappa shape index (κ2) is 10.8. The van der Waals surface area contributed by atoms with E-state index in [-0.39, 0.29) is 11.6 Å². The molecule has 0 spiro atoms. The van der Waals surface area contributed by atoms with Gasteiger partial charge in [0, 0.05) is 19.6 Å². The van der Waals surface area contributed by atoms with Crippen molar-refractivity contribution < 1.29 is 13.9 Å². The van der Waals surface area contributed by atoms with Gasteiger partial charge in [-0.1, -0.05) is 87.5 Å². The molecule has 0 bridgehead atoms. The summed E-state index contributed by atoms with van der Waals surface area (Å²) in [5.74, 6) is 1.80. The van der Waals surface area contributed by atoms with Gasteiger partial charge in [-0.15, -0.1) is 0 Å². The molecule has 3 aromatic rings. The third-order valence-corrected chi connectivity index (χ3v) is 10.6. The van der Waals surface area contributed by atoms with Crippen molar-refractivity contribution in [2.24, 2.45) is 0 Å². The summed E-state index contributed by atoms with van der Waals surface area (Å²) >= 11 is 0. The van der Waals surface area contributed by atoms with E-state index in [1.54, 1.807) is 0 Å². The third kappa shape index (κ3) is 5.64. The predicted octanol–water partition coefficient (Wildman–Crippen LogP) is 5.18. The van der Waals surface area contributed by atoms with Gasteiger partial charge in [-0.3, -0.25) is 0 Å².